The topological polar surface area (TPSA) is 83.4 Å². The summed E-state index contributed by atoms with van der Waals surface area (Å²) in [5.74, 6) is -0.756. The van der Waals surface area contributed by atoms with Gasteiger partial charge < -0.3 is 5.73 Å². The summed E-state index contributed by atoms with van der Waals surface area (Å²) >= 11 is 5.59. The molecule has 0 aliphatic carbocycles. The highest BCUT2D eigenvalue weighted by Gasteiger charge is 2.16. The largest absolute Gasteiger partial charge is 0.366 e. The molecular weight excluding hydrogens is 196 g/mol. The van der Waals surface area contributed by atoms with Crippen molar-refractivity contribution in [2.75, 3.05) is 0 Å². The quantitative estimate of drug-likeness (QED) is 0.706. The summed E-state index contributed by atoms with van der Waals surface area (Å²) < 4.78 is 0. The molecule has 68 valence electrons. The number of nitrogens with zero attached hydrogens (tertiary/aromatic N) is 1. The molecule has 0 fully saturated rings. The summed E-state index contributed by atoms with van der Waals surface area (Å²) in [7, 11) is 0. The first-order valence-corrected chi connectivity index (χ1v) is 3.65. The Balaban J connectivity index is 3.27. The summed E-state index contributed by atoms with van der Waals surface area (Å²) in [6, 6.07) is 3.68. The Morgan fingerprint density at radius 3 is 2.62 bits per heavy atom. The molecule has 5 nitrogen and oxygen atoms in total. The van der Waals surface area contributed by atoms with Gasteiger partial charge in [0.05, 0.1) is 15.5 Å². The van der Waals surface area contributed by atoms with Crippen LogP contribution in [0.25, 0.3) is 0 Å². The zero-order valence-electron chi connectivity index (χ0n) is 6.40. The molecule has 0 aliphatic heterocycles. The highest BCUT2D eigenvalue weighted by molar-refractivity contribution is 6.33. The van der Waals surface area contributed by atoms with Crippen molar-refractivity contribution in [1.29, 1.82) is 0 Å². The normalized spacial score (nSPS) is 9.62. The summed E-state index contributed by atoms with van der Waals surface area (Å²) in [4.78, 5) is 20.8. The predicted molar refractivity (Wildman–Crippen MR) is 45.0 cm³/mol. The van der Waals surface area contributed by atoms with Gasteiger partial charge in [-0.15, -0.1) is 0 Å². The van der Waals surface area contributed by atoms with E-state index in [9.17, 15) is 9.70 Å². The lowest BCUT2D eigenvalue weighted by atomic mass is 10.2. The summed E-state index contributed by atoms with van der Waals surface area (Å²) in [6.07, 6.45) is 0. The Labute approximate surface area is 78.3 Å². The lowest BCUT2D eigenvalue weighted by Crippen LogP contribution is -2.11. The van der Waals surface area contributed by atoms with Crippen molar-refractivity contribution in [2.45, 2.75) is 0 Å². The highest BCUT2D eigenvalue weighted by Crippen LogP contribution is 2.20. The van der Waals surface area contributed by atoms with Gasteiger partial charge in [0.15, 0.2) is 0 Å². The van der Waals surface area contributed by atoms with Gasteiger partial charge in [0, 0.05) is 12.1 Å². The van der Waals surface area contributed by atoms with Gasteiger partial charge in [-0.25, -0.2) is 5.21 Å². The molecule has 3 N–H and O–H groups in total. The first kappa shape index (κ1) is 9.47. The monoisotopic (exact) mass is 201 g/mol. The Hall–Kier alpha value is -1.62. The van der Waals surface area contributed by atoms with Crippen molar-refractivity contribution in [3.63, 3.8) is 0 Å². The number of amides is 1. The SMILES string of the molecule is NC(=O)c1cc([N+](=O)O)ccc1Cl. The molecule has 0 heterocycles. The van der Waals surface area contributed by atoms with Gasteiger partial charge in [0.1, 0.15) is 0 Å². The van der Waals surface area contributed by atoms with E-state index in [-0.39, 0.29) is 21.2 Å². The third-order valence-electron chi connectivity index (χ3n) is 1.44. The molecule has 0 unspecified atom stereocenters. The van der Waals surface area contributed by atoms with Crippen molar-refractivity contribution in [3.8, 4) is 0 Å². The van der Waals surface area contributed by atoms with Crippen molar-refractivity contribution in [1.82, 2.24) is 0 Å². The fourth-order valence-corrected chi connectivity index (χ4v) is 1.03. The summed E-state index contributed by atoms with van der Waals surface area (Å²) in [5, 5.41) is 8.64. The number of carbonyl (C=O) groups excluding carboxylic acids is 1. The molecule has 1 aromatic carbocycles. The number of benzene rings is 1. The highest BCUT2D eigenvalue weighted by atomic mass is 35.5. The second kappa shape index (κ2) is 3.40. The number of nitrogens with two attached hydrogens (primary N) is 1. The van der Waals surface area contributed by atoms with E-state index in [0.717, 1.165) is 6.07 Å². The molecule has 6 heteroatoms. The van der Waals surface area contributed by atoms with Crippen molar-refractivity contribution >= 4 is 23.2 Å². The first-order chi connectivity index (χ1) is 6.02. The van der Waals surface area contributed by atoms with Crippen LogP contribution in [0.3, 0.4) is 0 Å². The standard InChI is InChI=1S/C7H5ClN2O3/c8-6-2-1-4(10(12)13)3-5(6)7(9)11/h1-3H,(H2-,9,11,12,13)/p+1. The molecular formula is C7H6ClN2O3+. The molecule has 0 atom stereocenters. The molecule has 0 spiro atoms. The lowest BCUT2D eigenvalue weighted by Gasteiger charge is -1.96. The third-order valence-corrected chi connectivity index (χ3v) is 1.77. The molecule has 0 saturated carbocycles. The minimum absolute atomic E-state index is 0.00549. The van der Waals surface area contributed by atoms with E-state index in [1.807, 2.05) is 0 Å². The molecule has 0 aliphatic rings. The second-order valence-electron chi connectivity index (χ2n) is 2.30. The second-order valence-corrected chi connectivity index (χ2v) is 2.71. The zero-order valence-corrected chi connectivity index (χ0v) is 7.15. The van der Waals surface area contributed by atoms with E-state index in [0.29, 0.717) is 0 Å². The van der Waals surface area contributed by atoms with Crippen molar-refractivity contribution in [3.05, 3.63) is 33.7 Å². The summed E-state index contributed by atoms with van der Waals surface area (Å²) in [6.45, 7) is 0. The van der Waals surface area contributed by atoms with Crippen LogP contribution in [0.15, 0.2) is 18.2 Å². The molecule has 0 radical (unpaired) electrons. The van der Waals surface area contributed by atoms with Crippen LogP contribution in [0, 0.1) is 4.91 Å². The number of rotatable bonds is 2. The van der Waals surface area contributed by atoms with Crippen LogP contribution in [-0.4, -0.2) is 16.0 Å². The smallest absolute Gasteiger partial charge is 0.317 e. The average Bonchev–Trinajstić information content (AvgIpc) is 2.04. The lowest BCUT2D eigenvalue weighted by molar-refractivity contribution is -0.729. The van der Waals surface area contributed by atoms with E-state index in [2.05, 4.69) is 0 Å². The van der Waals surface area contributed by atoms with Crippen LogP contribution in [0.5, 0.6) is 0 Å². The fourth-order valence-electron chi connectivity index (χ4n) is 0.821. The minimum atomic E-state index is -0.756. The zero-order chi connectivity index (χ0) is 10.0. The molecule has 0 bridgehead atoms. The predicted octanol–water partition coefficient (Wildman–Crippen LogP) is 1.24. The Kier molecular flexibility index (Phi) is 2.48. The van der Waals surface area contributed by atoms with Gasteiger partial charge in [-0.1, -0.05) is 11.6 Å². The Bertz CT molecular complexity index is 378. The van der Waals surface area contributed by atoms with E-state index >= 15 is 0 Å². The number of halogens is 1. The maximum Gasteiger partial charge on any atom is 0.317 e. The molecule has 1 aromatic rings. The van der Waals surface area contributed by atoms with Gasteiger partial charge in [-0.3, -0.25) is 4.79 Å². The Morgan fingerprint density at radius 1 is 1.54 bits per heavy atom. The molecule has 0 aromatic heterocycles. The maximum absolute atomic E-state index is 10.7. The van der Waals surface area contributed by atoms with Crippen LogP contribution >= 0.6 is 11.6 Å². The average molecular weight is 202 g/mol. The van der Waals surface area contributed by atoms with Gasteiger partial charge in [-0.05, 0) is 6.07 Å². The molecule has 1 amide bonds. The first-order valence-electron chi connectivity index (χ1n) is 3.28. The van der Waals surface area contributed by atoms with E-state index in [1.165, 1.54) is 12.1 Å². The van der Waals surface area contributed by atoms with Gasteiger partial charge in [-0.2, -0.15) is 0 Å². The minimum Gasteiger partial charge on any atom is -0.366 e. The third kappa shape index (κ3) is 1.94. The molecule has 0 saturated heterocycles. The molecule has 13 heavy (non-hydrogen) atoms. The number of hydrogen-bond acceptors (Lipinski definition) is 2. The van der Waals surface area contributed by atoms with E-state index in [1.54, 1.807) is 0 Å². The number of primary amides is 1. The van der Waals surface area contributed by atoms with Crippen LogP contribution in [0.2, 0.25) is 5.02 Å². The van der Waals surface area contributed by atoms with E-state index < -0.39 is 5.91 Å². The maximum atomic E-state index is 10.7. The molecule has 1 rings (SSSR count). The van der Waals surface area contributed by atoms with Crippen LogP contribution in [0.1, 0.15) is 10.4 Å². The van der Waals surface area contributed by atoms with Gasteiger partial charge in [0.2, 0.25) is 5.91 Å². The van der Waals surface area contributed by atoms with Crippen LogP contribution in [0.4, 0.5) is 5.69 Å². The number of carbonyl (C=O) groups is 1. The Morgan fingerprint density at radius 2 is 2.15 bits per heavy atom. The van der Waals surface area contributed by atoms with Crippen molar-refractivity contribution in [2.24, 2.45) is 5.73 Å². The summed E-state index contributed by atoms with van der Waals surface area (Å²) in [5.41, 5.74) is 4.85. The van der Waals surface area contributed by atoms with Crippen molar-refractivity contribution < 1.29 is 14.9 Å². The van der Waals surface area contributed by atoms with Gasteiger partial charge >= 0.3 is 5.69 Å². The fraction of sp³-hybridized carbons (Fsp3) is 0. The van der Waals surface area contributed by atoms with Crippen LogP contribution in [-0.2, 0) is 0 Å². The van der Waals surface area contributed by atoms with Gasteiger partial charge in [0.25, 0.3) is 4.92 Å². The number of hydrogen-bond donors (Lipinski definition) is 2. The van der Waals surface area contributed by atoms with E-state index in [4.69, 9.17) is 22.5 Å². The van der Waals surface area contributed by atoms with Crippen LogP contribution < -0.4 is 5.73 Å².